The molecule has 0 saturated carbocycles. The van der Waals surface area contributed by atoms with Crippen LogP contribution >= 0.6 is 11.6 Å². The summed E-state index contributed by atoms with van der Waals surface area (Å²) in [6.07, 6.45) is 0.530. The van der Waals surface area contributed by atoms with Crippen molar-refractivity contribution in [1.82, 2.24) is 4.90 Å². The van der Waals surface area contributed by atoms with Gasteiger partial charge in [-0.15, -0.1) is 11.6 Å². The maximum atomic E-state index is 12.2. The summed E-state index contributed by atoms with van der Waals surface area (Å²) in [4.78, 5) is 13.9. The molecule has 1 aromatic carbocycles. The van der Waals surface area contributed by atoms with E-state index >= 15 is 0 Å². The second-order valence-electron chi connectivity index (χ2n) is 5.78. The van der Waals surface area contributed by atoms with E-state index < -0.39 is 6.04 Å². The van der Waals surface area contributed by atoms with Gasteiger partial charge in [0.25, 0.3) is 0 Å². The molecule has 1 aromatic rings. The molecule has 1 aliphatic rings. The molecule has 0 spiro atoms. The van der Waals surface area contributed by atoms with Crippen molar-refractivity contribution < 1.29 is 9.90 Å². The third-order valence-corrected chi connectivity index (χ3v) is 4.44. The molecule has 1 heterocycles. The first-order chi connectivity index (χ1) is 9.49. The van der Waals surface area contributed by atoms with Crippen LogP contribution in [0.5, 0.6) is 0 Å². The van der Waals surface area contributed by atoms with Crippen LogP contribution in [0.25, 0.3) is 0 Å². The van der Waals surface area contributed by atoms with Crippen LogP contribution in [0.3, 0.4) is 0 Å². The Labute approximate surface area is 124 Å². The van der Waals surface area contributed by atoms with Gasteiger partial charge in [0.2, 0.25) is 5.91 Å². The zero-order valence-corrected chi connectivity index (χ0v) is 12.4. The summed E-state index contributed by atoms with van der Waals surface area (Å²) in [5.41, 5.74) is 7.89. The number of benzene rings is 1. The first-order valence-electron chi connectivity index (χ1n) is 6.76. The van der Waals surface area contributed by atoms with Crippen LogP contribution < -0.4 is 5.73 Å². The Kier molecular flexibility index (Phi) is 4.68. The van der Waals surface area contributed by atoms with E-state index in [0.717, 1.165) is 5.56 Å². The maximum Gasteiger partial charge on any atom is 0.239 e. The van der Waals surface area contributed by atoms with Crippen molar-refractivity contribution in [3.63, 3.8) is 0 Å². The van der Waals surface area contributed by atoms with Gasteiger partial charge in [0.1, 0.15) is 0 Å². The van der Waals surface area contributed by atoms with Crippen molar-refractivity contribution in [3.8, 4) is 0 Å². The number of halogens is 1. The fourth-order valence-electron chi connectivity index (χ4n) is 2.45. The number of hydrogen-bond acceptors (Lipinski definition) is 3. The number of hydrogen-bond donors (Lipinski definition) is 2. The van der Waals surface area contributed by atoms with Gasteiger partial charge in [-0.1, -0.05) is 29.8 Å². The minimum atomic E-state index is -0.537. The fourth-order valence-corrected chi connectivity index (χ4v) is 2.70. The Morgan fingerprint density at radius 1 is 1.45 bits per heavy atom. The summed E-state index contributed by atoms with van der Waals surface area (Å²) in [5, 5.41) is 9.28. The quantitative estimate of drug-likeness (QED) is 0.794. The average Bonchev–Trinajstić information content (AvgIpc) is 2.41. The van der Waals surface area contributed by atoms with Gasteiger partial charge < -0.3 is 15.7 Å². The number of carbonyl (C=O) groups excluding carboxylic acids is 1. The minimum absolute atomic E-state index is 0.00742. The van der Waals surface area contributed by atoms with E-state index in [0.29, 0.717) is 25.4 Å². The SMILES string of the molecule is Cc1ccc(C[C@H](N)C(=O)N2CC(CO)(CCl)C2)cc1. The predicted molar refractivity (Wildman–Crippen MR) is 79.7 cm³/mol. The lowest BCUT2D eigenvalue weighted by atomic mass is 9.82. The fraction of sp³-hybridized carbons (Fsp3) is 0.533. The molecule has 0 aliphatic carbocycles. The second kappa shape index (κ2) is 6.12. The smallest absolute Gasteiger partial charge is 0.239 e. The minimum Gasteiger partial charge on any atom is -0.396 e. The predicted octanol–water partition coefficient (Wildman–Crippen LogP) is 0.925. The molecule has 1 saturated heterocycles. The summed E-state index contributed by atoms with van der Waals surface area (Å²) in [5.74, 6) is 0.292. The molecule has 20 heavy (non-hydrogen) atoms. The highest BCUT2D eigenvalue weighted by atomic mass is 35.5. The third-order valence-electron chi connectivity index (χ3n) is 3.88. The van der Waals surface area contributed by atoms with E-state index in [2.05, 4.69) is 0 Å². The van der Waals surface area contributed by atoms with Crippen LogP contribution in [0.15, 0.2) is 24.3 Å². The van der Waals surface area contributed by atoms with Crippen molar-refractivity contribution in [2.45, 2.75) is 19.4 Å². The molecule has 1 aliphatic heterocycles. The largest absolute Gasteiger partial charge is 0.396 e. The third kappa shape index (κ3) is 3.14. The Balaban J connectivity index is 1.89. The molecule has 5 heteroatoms. The number of alkyl halides is 1. The average molecular weight is 297 g/mol. The monoisotopic (exact) mass is 296 g/mol. The zero-order valence-electron chi connectivity index (χ0n) is 11.7. The molecule has 4 nitrogen and oxygen atoms in total. The van der Waals surface area contributed by atoms with Gasteiger partial charge >= 0.3 is 0 Å². The van der Waals surface area contributed by atoms with Gasteiger partial charge in [-0.2, -0.15) is 0 Å². The molecule has 1 amide bonds. The van der Waals surface area contributed by atoms with E-state index in [4.69, 9.17) is 17.3 Å². The molecule has 1 atom stereocenters. The van der Waals surface area contributed by atoms with E-state index in [-0.39, 0.29) is 17.9 Å². The Bertz CT molecular complexity index is 463. The van der Waals surface area contributed by atoms with Gasteiger partial charge in [-0.25, -0.2) is 0 Å². The molecule has 1 fully saturated rings. The summed E-state index contributed by atoms with van der Waals surface area (Å²) < 4.78 is 0. The Morgan fingerprint density at radius 3 is 2.55 bits per heavy atom. The Hall–Kier alpha value is -1.10. The summed E-state index contributed by atoms with van der Waals surface area (Å²) in [6.45, 7) is 3.02. The van der Waals surface area contributed by atoms with Crippen LogP contribution in [0.2, 0.25) is 0 Å². The molecule has 0 aromatic heterocycles. The van der Waals surface area contributed by atoms with Crippen molar-refractivity contribution in [1.29, 1.82) is 0 Å². The molecule has 2 rings (SSSR count). The summed E-state index contributed by atoms with van der Waals surface area (Å²) in [7, 11) is 0. The van der Waals surface area contributed by atoms with E-state index in [1.807, 2.05) is 31.2 Å². The van der Waals surface area contributed by atoms with Crippen molar-refractivity contribution >= 4 is 17.5 Å². The van der Waals surface area contributed by atoms with Crippen LogP contribution in [0.4, 0.5) is 0 Å². The van der Waals surface area contributed by atoms with Gasteiger partial charge in [0, 0.05) is 24.4 Å². The highest BCUT2D eigenvalue weighted by molar-refractivity contribution is 6.18. The second-order valence-corrected chi connectivity index (χ2v) is 6.05. The molecule has 0 radical (unpaired) electrons. The van der Waals surface area contributed by atoms with Crippen LogP contribution in [-0.4, -0.2) is 47.5 Å². The van der Waals surface area contributed by atoms with Crippen molar-refractivity contribution in [2.75, 3.05) is 25.6 Å². The Morgan fingerprint density at radius 2 is 2.05 bits per heavy atom. The maximum absolute atomic E-state index is 12.2. The van der Waals surface area contributed by atoms with Gasteiger partial charge in [-0.05, 0) is 18.9 Å². The van der Waals surface area contributed by atoms with Gasteiger partial charge in [-0.3, -0.25) is 4.79 Å². The van der Waals surface area contributed by atoms with E-state index in [9.17, 15) is 9.90 Å². The number of aryl methyl sites for hydroxylation is 1. The highest BCUT2D eigenvalue weighted by Crippen LogP contribution is 2.31. The number of aliphatic hydroxyl groups is 1. The number of carbonyl (C=O) groups is 1. The summed E-state index contributed by atoms with van der Waals surface area (Å²) >= 11 is 5.83. The van der Waals surface area contributed by atoms with Gasteiger partial charge in [0.05, 0.1) is 12.6 Å². The van der Waals surface area contributed by atoms with Crippen LogP contribution in [0.1, 0.15) is 11.1 Å². The van der Waals surface area contributed by atoms with Crippen molar-refractivity contribution in [3.05, 3.63) is 35.4 Å². The number of nitrogens with zero attached hydrogens (tertiary/aromatic N) is 1. The van der Waals surface area contributed by atoms with E-state index in [1.165, 1.54) is 5.56 Å². The molecule has 3 N–H and O–H groups in total. The molecule has 0 bridgehead atoms. The van der Waals surface area contributed by atoms with Crippen LogP contribution in [0, 0.1) is 12.3 Å². The number of rotatable bonds is 5. The lowest BCUT2D eigenvalue weighted by Gasteiger charge is -2.48. The highest BCUT2D eigenvalue weighted by Gasteiger charge is 2.45. The lowest BCUT2D eigenvalue weighted by Crippen LogP contribution is -2.64. The van der Waals surface area contributed by atoms with E-state index in [1.54, 1.807) is 4.90 Å². The molecule has 0 unspecified atom stereocenters. The normalized spacial score (nSPS) is 18.5. The topological polar surface area (TPSA) is 66.6 Å². The molecular formula is C15H21ClN2O2. The zero-order chi connectivity index (χ0) is 14.8. The van der Waals surface area contributed by atoms with Crippen molar-refractivity contribution in [2.24, 2.45) is 11.1 Å². The standard InChI is InChI=1S/C15H21ClN2O2/c1-11-2-4-12(5-3-11)6-13(17)14(20)18-8-15(7-16,9-18)10-19/h2-5,13,19H,6-10,17H2,1H3/t13-/m0/s1. The first kappa shape index (κ1) is 15.3. The molecular weight excluding hydrogens is 276 g/mol. The number of amides is 1. The lowest BCUT2D eigenvalue weighted by molar-refractivity contribution is -0.145. The van der Waals surface area contributed by atoms with Crippen LogP contribution in [-0.2, 0) is 11.2 Å². The summed E-state index contributed by atoms with van der Waals surface area (Å²) in [6, 6.07) is 7.48. The number of likely N-dealkylation sites (tertiary alicyclic amines) is 1. The number of nitrogens with two attached hydrogens (primary N) is 1. The van der Waals surface area contributed by atoms with Gasteiger partial charge in [0.15, 0.2) is 0 Å². The molecule has 110 valence electrons. The number of aliphatic hydroxyl groups excluding tert-OH is 1. The first-order valence-corrected chi connectivity index (χ1v) is 7.30.